The molecule has 0 spiro atoms. The van der Waals surface area contributed by atoms with Gasteiger partial charge in [0.1, 0.15) is 6.73 Å². The van der Waals surface area contributed by atoms with Crippen molar-refractivity contribution in [3.8, 4) is 0 Å². The molecule has 7 heteroatoms. The van der Waals surface area contributed by atoms with E-state index in [0.29, 0.717) is 31.4 Å². The van der Waals surface area contributed by atoms with Crippen molar-refractivity contribution in [2.24, 2.45) is 0 Å². The van der Waals surface area contributed by atoms with Crippen LogP contribution in [0.5, 0.6) is 0 Å². The van der Waals surface area contributed by atoms with Gasteiger partial charge in [0.25, 0.3) is 5.91 Å². The van der Waals surface area contributed by atoms with Gasteiger partial charge in [0.15, 0.2) is 0 Å². The van der Waals surface area contributed by atoms with Gasteiger partial charge in [-0.3, -0.25) is 4.79 Å². The molecule has 1 aromatic heterocycles. The molecule has 4 rings (SSSR count). The molecule has 1 saturated heterocycles. The van der Waals surface area contributed by atoms with Gasteiger partial charge in [0.05, 0.1) is 12.2 Å². The molecule has 25 heavy (non-hydrogen) atoms. The van der Waals surface area contributed by atoms with Crippen LogP contribution in [0.2, 0.25) is 5.02 Å². The molecule has 1 N–H and O–H groups in total. The van der Waals surface area contributed by atoms with Crippen LogP contribution < -0.4 is 5.32 Å². The molecule has 130 valence electrons. The number of benzene rings is 1. The standard InChI is InChI=1S/C18H19ClN4O2/c19-15-3-2-12-7-16(8-13(12)6-15)22-18-20-9-14(10-21-18)17(24)23-4-1-5-25-11-23/h2-3,6,9-10,16H,1,4-5,7-8,11H2,(H,20,21,22). The number of aromatic nitrogens is 2. The van der Waals surface area contributed by atoms with Crippen LogP contribution in [0.1, 0.15) is 27.9 Å². The normalized spacial score (nSPS) is 19.6. The number of halogens is 1. The van der Waals surface area contributed by atoms with E-state index in [-0.39, 0.29) is 11.9 Å². The lowest BCUT2D eigenvalue weighted by Gasteiger charge is -2.26. The Bertz CT molecular complexity index is 775. The highest BCUT2D eigenvalue weighted by Gasteiger charge is 2.23. The van der Waals surface area contributed by atoms with Crippen molar-refractivity contribution in [3.05, 3.63) is 52.3 Å². The molecule has 0 radical (unpaired) electrons. The Labute approximate surface area is 151 Å². The molecule has 1 aliphatic carbocycles. The van der Waals surface area contributed by atoms with E-state index in [2.05, 4.69) is 21.4 Å². The molecule has 1 unspecified atom stereocenters. The minimum Gasteiger partial charge on any atom is -0.361 e. The van der Waals surface area contributed by atoms with Gasteiger partial charge in [-0.05, 0) is 42.5 Å². The van der Waals surface area contributed by atoms with Crippen LogP contribution in [0, 0.1) is 0 Å². The first-order chi connectivity index (χ1) is 12.2. The number of carbonyl (C=O) groups is 1. The summed E-state index contributed by atoms with van der Waals surface area (Å²) in [5, 5.41) is 4.10. The Morgan fingerprint density at radius 3 is 2.80 bits per heavy atom. The number of anilines is 1. The van der Waals surface area contributed by atoms with Crippen LogP contribution in [0.4, 0.5) is 5.95 Å². The summed E-state index contributed by atoms with van der Waals surface area (Å²) >= 11 is 6.05. The average molecular weight is 359 g/mol. The molecule has 1 atom stereocenters. The SMILES string of the molecule is O=C(c1cnc(NC2Cc3ccc(Cl)cc3C2)nc1)N1CCCOC1. The van der Waals surface area contributed by atoms with Crippen LogP contribution in [0.25, 0.3) is 0 Å². The fourth-order valence-electron chi connectivity index (χ4n) is 3.32. The lowest BCUT2D eigenvalue weighted by atomic mass is 10.1. The highest BCUT2D eigenvalue weighted by Crippen LogP contribution is 2.26. The van der Waals surface area contributed by atoms with E-state index < -0.39 is 0 Å². The molecule has 1 amide bonds. The number of amides is 1. The minimum atomic E-state index is -0.0887. The molecule has 2 heterocycles. The first kappa shape index (κ1) is 16.3. The van der Waals surface area contributed by atoms with Gasteiger partial charge in [-0.1, -0.05) is 17.7 Å². The average Bonchev–Trinajstić information content (AvgIpc) is 3.04. The minimum absolute atomic E-state index is 0.0887. The summed E-state index contributed by atoms with van der Waals surface area (Å²) in [6, 6.07) is 6.25. The van der Waals surface area contributed by atoms with Crippen LogP contribution in [-0.2, 0) is 17.6 Å². The molecule has 0 saturated carbocycles. The van der Waals surface area contributed by atoms with Crippen molar-refractivity contribution in [2.75, 3.05) is 25.2 Å². The second kappa shape index (κ2) is 6.98. The summed E-state index contributed by atoms with van der Waals surface area (Å²) in [5.74, 6) is 0.449. The Morgan fingerprint density at radius 2 is 2.04 bits per heavy atom. The van der Waals surface area contributed by atoms with Crippen molar-refractivity contribution in [1.29, 1.82) is 0 Å². The van der Waals surface area contributed by atoms with Gasteiger partial charge in [-0.25, -0.2) is 9.97 Å². The number of hydrogen-bond acceptors (Lipinski definition) is 5. The molecule has 2 aliphatic rings. The van der Waals surface area contributed by atoms with Gasteiger partial charge in [0, 0.05) is 30.0 Å². The van der Waals surface area contributed by atoms with E-state index in [1.54, 1.807) is 17.3 Å². The van der Waals surface area contributed by atoms with Gasteiger partial charge in [-0.15, -0.1) is 0 Å². The van der Waals surface area contributed by atoms with Crippen molar-refractivity contribution in [1.82, 2.24) is 14.9 Å². The second-order valence-electron chi connectivity index (χ2n) is 6.42. The van der Waals surface area contributed by atoms with E-state index in [0.717, 1.165) is 24.3 Å². The van der Waals surface area contributed by atoms with Crippen LogP contribution in [-0.4, -0.2) is 46.7 Å². The van der Waals surface area contributed by atoms with E-state index in [4.69, 9.17) is 16.3 Å². The maximum absolute atomic E-state index is 12.4. The zero-order chi connectivity index (χ0) is 17.2. The van der Waals surface area contributed by atoms with E-state index in [1.165, 1.54) is 11.1 Å². The number of hydrogen-bond donors (Lipinski definition) is 1. The number of carbonyl (C=O) groups excluding carboxylic acids is 1. The smallest absolute Gasteiger partial charge is 0.258 e. The fourth-order valence-corrected chi connectivity index (χ4v) is 3.52. The number of rotatable bonds is 3. The molecule has 1 aliphatic heterocycles. The fraction of sp³-hybridized carbons (Fsp3) is 0.389. The Balaban J connectivity index is 1.39. The Hall–Kier alpha value is -2.18. The highest BCUT2D eigenvalue weighted by atomic mass is 35.5. The van der Waals surface area contributed by atoms with Crippen molar-refractivity contribution < 1.29 is 9.53 Å². The Morgan fingerprint density at radius 1 is 1.24 bits per heavy atom. The molecule has 2 aromatic rings. The predicted molar refractivity (Wildman–Crippen MR) is 94.8 cm³/mol. The highest BCUT2D eigenvalue weighted by molar-refractivity contribution is 6.30. The second-order valence-corrected chi connectivity index (χ2v) is 6.85. The van der Waals surface area contributed by atoms with Crippen LogP contribution in [0.15, 0.2) is 30.6 Å². The summed E-state index contributed by atoms with van der Waals surface area (Å²) in [6.45, 7) is 1.75. The summed E-state index contributed by atoms with van der Waals surface area (Å²) in [6.07, 6.45) is 5.82. The first-order valence-electron chi connectivity index (χ1n) is 8.42. The topological polar surface area (TPSA) is 67.4 Å². The van der Waals surface area contributed by atoms with Crippen LogP contribution >= 0.6 is 11.6 Å². The van der Waals surface area contributed by atoms with Crippen molar-refractivity contribution >= 4 is 23.5 Å². The summed E-state index contributed by atoms with van der Waals surface area (Å²) in [5.41, 5.74) is 3.05. The monoisotopic (exact) mass is 358 g/mol. The number of ether oxygens (including phenoxy) is 1. The molecular formula is C18H19ClN4O2. The maximum atomic E-state index is 12.4. The zero-order valence-electron chi connectivity index (χ0n) is 13.7. The largest absolute Gasteiger partial charge is 0.361 e. The molecule has 1 fully saturated rings. The molecular weight excluding hydrogens is 340 g/mol. The third-order valence-corrected chi connectivity index (χ3v) is 4.82. The lowest BCUT2D eigenvalue weighted by molar-refractivity contribution is -0.00575. The number of nitrogens with zero attached hydrogens (tertiary/aromatic N) is 3. The van der Waals surface area contributed by atoms with Gasteiger partial charge in [0.2, 0.25) is 5.95 Å². The van der Waals surface area contributed by atoms with Gasteiger partial charge < -0.3 is 15.0 Å². The molecule has 6 nitrogen and oxygen atoms in total. The summed E-state index contributed by atoms with van der Waals surface area (Å²) in [7, 11) is 0. The lowest BCUT2D eigenvalue weighted by Crippen LogP contribution is -2.38. The third-order valence-electron chi connectivity index (χ3n) is 4.58. The number of nitrogens with one attached hydrogen (secondary N) is 1. The van der Waals surface area contributed by atoms with E-state index in [9.17, 15) is 4.79 Å². The van der Waals surface area contributed by atoms with Crippen molar-refractivity contribution in [3.63, 3.8) is 0 Å². The van der Waals surface area contributed by atoms with Crippen molar-refractivity contribution in [2.45, 2.75) is 25.3 Å². The van der Waals surface area contributed by atoms with Crippen LogP contribution in [0.3, 0.4) is 0 Å². The van der Waals surface area contributed by atoms with Gasteiger partial charge in [-0.2, -0.15) is 0 Å². The van der Waals surface area contributed by atoms with E-state index in [1.807, 2.05) is 12.1 Å². The van der Waals surface area contributed by atoms with Gasteiger partial charge >= 0.3 is 0 Å². The number of fused-ring (bicyclic) bond motifs is 1. The third kappa shape index (κ3) is 3.60. The predicted octanol–water partition coefficient (Wildman–Crippen LogP) is 2.53. The first-order valence-corrected chi connectivity index (χ1v) is 8.80. The Kier molecular flexibility index (Phi) is 4.55. The zero-order valence-corrected chi connectivity index (χ0v) is 14.5. The van der Waals surface area contributed by atoms with E-state index >= 15 is 0 Å². The summed E-state index contributed by atoms with van der Waals surface area (Å²) in [4.78, 5) is 22.6. The molecule has 1 aromatic carbocycles. The maximum Gasteiger partial charge on any atom is 0.258 e. The summed E-state index contributed by atoms with van der Waals surface area (Å²) < 4.78 is 5.32. The quantitative estimate of drug-likeness (QED) is 0.913. The molecule has 0 bridgehead atoms.